The summed E-state index contributed by atoms with van der Waals surface area (Å²) in [4.78, 5) is 28.3. The maximum Gasteiger partial charge on any atom is 0.217 e. The Balaban J connectivity index is 0.000000106. The zero-order chi connectivity index (χ0) is 96.4. The second-order valence-corrected chi connectivity index (χ2v) is 35.3. The minimum Gasteiger partial charge on any atom is -0.455 e. The Kier molecular flexibility index (Phi) is 22.9. The number of nitrogens with zero attached hydrogens (tertiary/aromatic N) is 12. The number of benzene rings is 6. The van der Waals surface area contributed by atoms with E-state index in [1.807, 2.05) is 237 Å². The highest BCUT2D eigenvalue weighted by Crippen LogP contribution is 2.45. The van der Waals surface area contributed by atoms with E-state index in [-0.39, 0.29) is 5.69 Å². The van der Waals surface area contributed by atoms with Gasteiger partial charge >= 0.3 is 0 Å². The lowest BCUT2D eigenvalue weighted by atomic mass is 9.98. The standard InChI is InChI=1S/2C21H21N2O.3C19H17N2O.C18H15N2O/c1-13(2)20-19-15-9-5-6-11-17(15)24-21(19)18(14(3)22-20)16-10-7-8-12-23(16)4;1-13(2)16-10-11-18-20(22-16)15-9-8-14(3)19(21(15)24-18)17-7-5-6-12-23(17)4;2*1-12-17-14-8-4-5-10-16(14)22-19(17)18(13(2)20-12)15-9-6-7-11-21(15)3;1-12-7-9-14-18-16(10-8-13(2)20-18)22-19(14)17(12)15-6-4-5-11-21(15)3;1-12-17(15-8-5-6-10-20(15)2)18-14(11-19-12)13-7-3-4-9-16(13)21-18/h2*5-13H,1-4H3;3*4-11H,1-3H3;3-11H,1-2H3/q6*+1/i;;1D3;;;. The maximum absolute atomic E-state index is 7.91. The fourth-order valence-corrected chi connectivity index (χ4v) is 18.7. The summed E-state index contributed by atoms with van der Waals surface area (Å²) in [5.41, 5.74) is 35.3. The molecule has 24 rings (SSSR count). The Bertz CT molecular complexity index is 8880. The second kappa shape index (κ2) is 36.6. The van der Waals surface area contributed by atoms with Crippen LogP contribution in [0.2, 0.25) is 0 Å². The van der Waals surface area contributed by atoms with Crippen LogP contribution < -0.4 is 27.4 Å². The number of pyridine rings is 12. The van der Waals surface area contributed by atoms with Crippen molar-refractivity contribution in [2.45, 2.75) is 102 Å². The topological polar surface area (TPSA) is 179 Å². The lowest BCUT2D eigenvalue weighted by molar-refractivity contribution is -0.660. The van der Waals surface area contributed by atoms with Crippen molar-refractivity contribution < 1.29 is 58.0 Å². The van der Waals surface area contributed by atoms with Gasteiger partial charge in [0, 0.05) is 144 Å². The number of aryl methyl sites for hydroxylation is 15. The molecule has 0 radical (unpaired) electrons. The van der Waals surface area contributed by atoms with Gasteiger partial charge in [-0.15, -0.1) is 0 Å². The number of fused-ring (bicyclic) bond motifs is 18. The molecule has 0 atom stereocenters. The summed E-state index contributed by atoms with van der Waals surface area (Å²) in [5, 5.41) is 10.2. The summed E-state index contributed by atoms with van der Waals surface area (Å²) in [7, 11) is 12.2. The van der Waals surface area contributed by atoms with E-state index in [1.165, 1.54) is 11.1 Å². The molecule has 0 aliphatic rings. The molecule has 0 bridgehead atoms. The zero-order valence-corrected chi connectivity index (χ0v) is 79.3. The maximum atomic E-state index is 7.91. The van der Waals surface area contributed by atoms with Crippen LogP contribution in [0.3, 0.4) is 0 Å². The largest absolute Gasteiger partial charge is 0.455 e. The van der Waals surface area contributed by atoms with Gasteiger partial charge in [-0.25, -0.2) is 37.4 Å². The van der Waals surface area contributed by atoms with Crippen LogP contribution in [-0.4, -0.2) is 29.9 Å². The smallest absolute Gasteiger partial charge is 0.217 e. The molecule has 0 amide bonds. The van der Waals surface area contributed by atoms with Crippen LogP contribution in [0, 0.1) is 62.2 Å². The first kappa shape index (κ1) is 84.5. The van der Waals surface area contributed by atoms with E-state index in [4.69, 9.17) is 45.6 Å². The van der Waals surface area contributed by atoms with Crippen molar-refractivity contribution in [2.24, 2.45) is 42.3 Å². The summed E-state index contributed by atoms with van der Waals surface area (Å²) in [6, 6.07) is 85.4. The molecular weight excluding hydrogens is 1670 g/mol. The van der Waals surface area contributed by atoms with Crippen molar-refractivity contribution in [2.75, 3.05) is 0 Å². The average molecular weight is 1780 g/mol. The molecule has 0 aliphatic heterocycles. The van der Waals surface area contributed by atoms with Crippen molar-refractivity contribution in [3.05, 3.63) is 361 Å². The number of aromatic nitrogens is 12. The number of hydrogen-bond acceptors (Lipinski definition) is 12. The van der Waals surface area contributed by atoms with Gasteiger partial charge in [0.2, 0.25) is 34.2 Å². The van der Waals surface area contributed by atoms with Crippen LogP contribution in [0.15, 0.2) is 325 Å². The van der Waals surface area contributed by atoms with E-state index in [9.17, 15) is 0 Å². The monoisotopic (exact) mass is 1780 g/mol. The fourth-order valence-electron chi connectivity index (χ4n) is 18.7. The Labute approximate surface area is 787 Å². The Morgan fingerprint density at radius 2 is 0.578 bits per heavy atom. The number of hydrogen-bond donors (Lipinski definition) is 0. The molecule has 0 saturated heterocycles. The highest BCUT2D eigenvalue weighted by molar-refractivity contribution is 6.15. The van der Waals surface area contributed by atoms with Crippen LogP contribution in [0.1, 0.15) is 106 Å². The first-order valence-corrected chi connectivity index (χ1v) is 45.6. The molecule has 0 aliphatic carbocycles. The predicted octanol–water partition coefficient (Wildman–Crippen LogP) is 25.9. The van der Waals surface area contributed by atoms with Gasteiger partial charge in [-0.1, -0.05) is 113 Å². The van der Waals surface area contributed by atoms with Gasteiger partial charge in [0.25, 0.3) is 0 Å². The van der Waals surface area contributed by atoms with Gasteiger partial charge in [-0.05, 0) is 182 Å². The molecule has 6 aromatic carbocycles. The third-order valence-corrected chi connectivity index (χ3v) is 25.5. The summed E-state index contributed by atoms with van der Waals surface area (Å²) in [6.07, 6.45) is 14.1. The first-order chi connectivity index (χ1) is 66.6. The quantitative estimate of drug-likeness (QED) is 0.132. The Morgan fingerprint density at radius 1 is 0.252 bits per heavy atom. The Morgan fingerprint density at radius 3 is 0.993 bits per heavy atom. The molecule has 0 unspecified atom stereocenters. The molecule has 24 aromatic rings. The molecule has 0 fully saturated rings. The molecule has 0 saturated carbocycles. The number of furan rings is 6. The molecular formula is C117H108N12O6+6. The highest BCUT2D eigenvalue weighted by Gasteiger charge is 2.30. The van der Waals surface area contributed by atoms with Gasteiger partial charge in [-0.3, -0.25) is 19.9 Å². The average Bonchev–Trinajstić information content (AvgIpc) is 1.61. The molecule has 18 aromatic heterocycles. The molecule has 0 spiro atoms. The van der Waals surface area contributed by atoms with E-state index in [2.05, 4.69) is 229 Å². The minimum absolute atomic E-state index is 0.0901. The van der Waals surface area contributed by atoms with Gasteiger partial charge in [0.15, 0.2) is 81.8 Å². The minimum atomic E-state index is -2.31. The van der Waals surface area contributed by atoms with E-state index in [1.54, 1.807) is 0 Å². The van der Waals surface area contributed by atoms with Crippen molar-refractivity contribution >= 4 is 132 Å². The zero-order valence-electron chi connectivity index (χ0n) is 82.3. The van der Waals surface area contributed by atoms with Crippen LogP contribution in [0.25, 0.3) is 199 Å². The summed E-state index contributed by atoms with van der Waals surface area (Å²) >= 11 is 0. The summed E-state index contributed by atoms with van der Waals surface area (Å²) < 4.78 is 73.4. The predicted molar refractivity (Wildman–Crippen MR) is 540 cm³/mol. The van der Waals surface area contributed by atoms with Crippen LogP contribution in [0.4, 0.5) is 0 Å². The molecule has 18 heterocycles. The third kappa shape index (κ3) is 16.4. The molecule has 18 nitrogen and oxygen atoms in total. The third-order valence-electron chi connectivity index (χ3n) is 25.5. The molecule has 135 heavy (non-hydrogen) atoms. The highest BCUT2D eigenvalue weighted by atomic mass is 16.4. The normalized spacial score (nSPS) is 11.9. The SMILES string of the molecule is Cc1ccc2c(oc3ccc(C(C)C)nc32)c1-c1cccc[n+]1C.Cc1ccc2oc3c(-c4cccc[n+]4C)c(C)ccc3c2n1.Cc1nc(C(C)C)c2c(oc3ccccc32)c1-c1cccc[n+]1C.Cc1nc(C)c2c(oc3ccccc32)c1-c1cccc[n+]1C.Cc1ncc2c(oc3ccccc32)c1-c1cccc[n+]1C.[2H]C([2H])([2H])c1nc(C)c(-c2cccc[n+]2C)c2oc3ccccc3c12. The lowest BCUT2D eigenvalue weighted by Crippen LogP contribution is -2.30. The van der Waals surface area contributed by atoms with Gasteiger partial charge in [0.05, 0.1) is 55.8 Å². The molecule has 666 valence electrons. The van der Waals surface area contributed by atoms with Crippen LogP contribution in [0.5, 0.6) is 0 Å². The van der Waals surface area contributed by atoms with Gasteiger partial charge in [-0.2, -0.15) is 0 Å². The van der Waals surface area contributed by atoms with Gasteiger partial charge < -0.3 is 26.5 Å². The summed E-state index contributed by atoms with van der Waals surface area (Å²) in [6.45, 7) is 22.6. The Hall–Kier alpha value is -16.1. The van der Waals surface area contributed by atoms with Crippen LogP contribution in [-0.2, 0) is 42.3 Å². The van der Waals surface area contributed by atoms with E-state index in [0.29, 0.717) is 34.1 Å². The van der Waals surface area contributed by atoms with Gasteiger partial charge in [0.1, 0.15) is 97.9 Å². The van der Waals surface area contributed by atoms with Crippen molar-refractivity contribution in [3.8, 4) is 67.5 Å². The van der Waals surface area contributed by atoms with E-state index in [0.717, 1.165) is 223 Å². The van der Waals surface area contributed by atoms with Crippen molar-refractivity contribution in [1.82, 2.24) is 29.9 Å². The number of para-hydroxylation sites is 4. The first-order valence-electron chi connectivity index (χ1n) is 47.1. The van der Waals surface area contributed by atoms with E-state index < -0.39 is 6.85 Å². The molecule has 0 N–H and O–H groups in total. The van der Waals surface area contributed by atoms with Crippen molar-refractivity contribution in [1.29, 1.82) is 0 Å². The second-order valence-electron chi connectivity index (χ2n) is 35.3. The fraction of sp³-hybridized carbons (Fsp3) is 0.179. The lowest BCUT2D eigenvalue weighted by Gasteiger charge is -2.11. The van der Waals surface area contributed by atoms with Crippen LogP contribution >= 0.6 is 0 Å². The van der Waals surface area contributed by atoms with Crippen molar-refractivity contribution in [3.63, 3.8) is 0 Å². The molecule has 18 heteroatoms. The summed E-state index contributed by atoms with van der Waals surface area (Å²) in [5.74, 6) is 0.738. The number of rotatable bonds is 8. The van der Waals surface area contributed by atoms with E-state index >= 15 is 0 Å².